The zero-order valence-electron chi connectivity index (χ0n) is 11.2. The van der Waals surface area contributed by atoms with Gasteiger partial charge in [0.2, 0.25) is 0 Å². The number of ether oxygens (including phenoxy) is 2. The van der Waals surface area contributed by atoms with Crippen molar-refractivity contribution in [1.29, 1.82) is 0 Å². The number of nitrogen functional groups attached to an aromatic ring is 1. The van der Waals surface area contributed by atoms with Crippen molar-refractivity contribution < 1.29 is 14.3 Å². The van der Waals surface area contributed by atoms with Gasteiger partial charge in [0, 0.05) is 5.56 Å². The van der Waals surface area contributed by atoms with Gasteiger partial charge in [-0.2, -0.15) is 0 Å². The Morgan fingerprint density at radius 3 is 2.84 bits per heavy atom. The molecule has 6 heteroatoms. The van der Waals surface area contributed by atoms with Gasteiger partial charge in [-0.25, -0.2) is 5.84 Å². The van der Waals surface area contributed by atoms with Crippen molar-refractivity contribution >= 4 is 17.2 Å². The highest BCUT2D eigenvalue weighted by Gasteiger charge is 2.25. The Morgan fingerprint density at radius 2 is 2.21 bits per heavy atom. The number of nitrogens with one attached hydrogen (secondary N) is 1. The molecule has 1 saturated heterocycles. The van der Waals surface area contributed by atoms with Crippen LogP contribution in [0.25, 0.3) is 0 Å². The van der Waals surface area contributed by atoms with Crippen LogP contribution in [0.15, 0.2) is 11.4 Å². The summed E-state index contributed by atoms with van der Waals surface area (Å²) in [5.41, 5.74) is 3.04. The fourth-order valence-corrected chi connectivity index (χ4v) is 3.21. The summed E-state index contributed by atoms with van der Waals surface area (Å²) in [6, 6.07) is 1.90. The predicted molar refractivity (Wildman–Crippen MR) is 73.8 cm³/mol. The molecular weight excluding hydrogens is 264 g/mol. The van der Waals surface area contributed by atoms with E-state index in [1.165, 1.54) is 11.3 Å². The van der Waals surface area contributed by atoms with Gasteiger partial charge >= 0.3 is 0 Å². The Labute approximate surface area is 117 Å². The lowest BCUT2D eigenvalue weighted by atomic mass is 10.0. The molecule has 1 fully saturated rings. The number of amides is 1. The molecule has 1 amide bonds. The van der Waals surface area contributed by atoms with Crippen LogP contribution in [0.4, 0.5) is 0 Å². The van der Waals surface area contributed by atoms with Gasteiger partial charge in [0.25, 0.3) is 5.91 Å². The van der Waals surface area contributed by atoms with Crippen LogP contribution in [0, 0.1) is 0 Å². The maximum atomic E-state index is 11.5. The van der Waals surface area contributed by atoms with Gasteiger partial charge in [0.15, 0.2) is 0 Å². The van der Waals surface area contributed by atoms with Gasteiger partial charge in [-0.3, -0.25) is 10.2 Å². The molecule has 3 N–H and O–H groups in total. The van der Waals surface area contributed by atoms with E-state index in [0.717, 1.165) is 18.4 Å². The lowest BCUT2D eigenvalue weighted by molar-refractivity contribution is -0.106. The fourth-order valence-electron chi connectivity index (χ4n) is 2.40. The van der Waals surface area contributed by atoms with E-state index in [0.29, 0.717) is 11.5 Å². The van der Waals surface area contributed by atoms with Crippen LogP contribution in [0.5, 0.6) is 0 Å². The molecule has 0 radical (unpaired) electrons. The van der Waals surface area contributed by atoms with Crippen LogP contribution in [0.1, 0.15) is 41.9 Å². The minimum absolute atomic E-state index is 0.187. The van der Waals surface area contributed by atoms with E-state index in [4.69, 9.17) is 15.3 Å². The molecule has 2 heterocycles. The highest BCUT2D eigenvalue weighted by molar-refractivity contribution is 7.12. The largest absolute Gasteiger partial charge is 0.375 e. The monoisotopic (exact) mass is 284 g/mol. The smallest absolute Gasteiger partial charge is 0.275 e. The topological polar surface area (TPSA) is 73.6 Å². The number of hydrogen-bond donors (Lipinski definition) is 2. The van der Waals surface area contributed by atoms with Crippen LogP contribution >= 0.6 is 11.3 Å². The summed E-state index contributed by atoms with van der Waals surface area (Å²) >= 11 is 1.37. The molecule has 19 heavy (non-hydrogen) atoms. The molecule has 0 aliphatic carbocycles. The second-order valence-electron chi connectivity index (χ2n) is 4.91. The number of carbonyl (C=O) groups excluding carboxylic acids is 1. The summed E-state index contributed by atoms with van der Waals surface area (Å²) in [5.74, 6) is 4.90. The third-order valence-electron chi connectivity index (χ3n) is 3.21. The first-order valence-electron chi connectivity index (χ1n) is 6.44. The molecule has 2 rings (SSSR count). The Kier molecular flexibility index (Phi) is 4.93. The molecular formula is C13H20N2O3S. The van der Waals surface area contributed by atoms with E-state index >= 15 is 0 Å². The molecule has 2 unspecified atom stereocenters. The number of hydrazine groups is 1. The molecule has 5 nitrogen and oxygen atoms in total. The van der Waals surface area contributed by atoms with Gasteiger partial charge in [-0.05, 0) is 38.1 Å². The van der Waals surface area contributed by atoms with Gasteiger partial charge in [-0.1, -0.05) is 0 Å². The molecule has 2 atom stereocenters. The number of thiophene rings is 1. The average Bonchev–Trinajstić information content (AvgIpc) is 2.82. The molecule has 0 saturated carbocycles. The molecule has 1 aliphatic heterocycles. The number of carbonyl (C=O) groups is 1. The summed E-state index contributed by atoms with van der Waals surface area (Å²) in [6.07, 6.45) is 2.43. The normalized spacial score (nSPS) is 27.2. The van der Waals surface area contributed by atoms with Gasteiger partial charge < -0.3 is 9.47 Å². The van der Waals surface area contributed by atoms with Crippen molar-refractivity contribution in [3.05, 3.63) is 21.9 Å². The Bertz CT molecular complexity index is 425. The summed E-state index contributed by atoms with van der Waals surface area (Å²) < 4.78 is 11.6. The van der Waals surface area contributed by atoms with Gasteiger partial charge in [0.05, 0.1) is 29.8 Å². The van der Waals surface area contributed by atoms with Crippen molar-refractivity contribution in [3.63, 3.8) is 0 Å². The quantitative estimate of drug-likeness (QED) is 0.502. The van der Waals surface area contributed by atoms with E-state index in [-0.39, 0.29) is 24.2 Å². The first kappa shape index (κ1) is 14.5. The number of nitrogens with two attached hydrogens (primary N) is 1. The van der Waals surface area contributed by atoms with Crippen LogP contribution < -0.4 is 11.3 Å². The molecule has 1 aromatic rings. The van der Waals surface area contributed by atoms with Gasteiger partial charge in [0.1, 0.15) is 0 Å². The minimum Gasteiger partial charge on any atom is -0.375 e. The summed E-state index contributed by atoms with van der Waals surface area (Å²) in [4.78, 5) is 12.2. The lowest BCUT2D eigenvalue weighted by Gasteiger charge is -2.32. The standard InChI is InChI=1S/C13H20N2O3S/c1-8-5-11(6-9(2)18-8)17-7-10-3-4-19-12(10)13(16)15-14/h3-4,8-9,11H,5-7,14H2,1-2H3,(H,15,16). The van der Waals surface area contributed by atoms with Crippen molar-refractivity contribution in [2.75, 3.05) is 0 Å². The lowest BCUT2D eigenvalue weighted by Crippen LogP contribution is -2.34. The molecule has 0 spiro atoms. The Balaban J connectivity index is 1.92. The van der Waals surface area contributed by atoms with Crippen LogP contribution in [-0.2, 0) is 16.1 Å². The zero-order chi connectivity index (χ0) is 13.8. The predicted octanol–water partition coefficient (Wildman–Crippen LogP) is 1.82. The third kappa shape index (κ3) is 3.76. The second kappa shape index (κ2) is 6.47. The molecule has 0 aromatic carbocycles. The Morgan fingerprint density at radius 1 is 1.53 bits per heavy atom. The van der Waals surface area contributed by atoms with E-state index in [1.54, 1.807) is 0 Å². The van der Waals surface area contributed by atoms with Crippen molar-refractivity contribution in [2.24, 2.45) is 5.84 Å². The third-order valence-corrected chi connectivity index (χ3v) is 4.17. The highest BCUT2D eigenvalue weighted by atomic mass is 32.1. The van der Waals surface area contributed by atoms with E-state index < -0.39 is 0 Å². The minimum atomic E-state index is -0.262. The van der Waals surface area contributed by atoms with Crippen molar-refractivity contribution in [3.8, 4) is 0 Å². The molecule has 1 aromatic heterocycles. The maximum absolute atomic E-state index is 11.5. The highest BCUT2D eigenvalue weighted by Crippen LogP contribution is 2.24. The first-order chi connectivity index (χ1) is 9.10. The second-order valence-corrected chi connectivity index (χ2v) is 5.83. The zero-order valence-corrected chi connectivity index (χ0v) is 12.0. The Hall–Kier alpha value is -0.950. The van der Waals surface area contributed by atoms with Crippen LogP contribution in [-0.4, -0.2) is 24.2 Å². The summed E-state index contributed by atoms with van der Waals surface area (Å²) in [6.45, 7) is 4.56. The fraction of sp³-hybridized carbons (Fsp3) is 0.615. The number of hydrogen-bond acceptors (Lipinski definition) is 5. The summed E-state index contributed by atoms with van der Waals surface area (Å²) in [7, 11) is 0. The van der Waals surface area contributed by atoms with E-state index in [2.05, 4.69) is 19.3 Å². The molecule has 106 valence electrons. The molecule has 1 aliphatic rings. The van der Waals surface area contributed by atoms with E-state index in [1.807, 2.05) is 11.4 Å². The van der Waals surface area contributed by atoms with E-state index in [9.17, 15) is 4.79 Å². The van der Waals surface area contributed by atoms with Crippen LogP contribution in [0.2, 0.25) is 0 Å². The summed E-state index contributed by atoms with van der Waals surface area (Å²) in [5, 5.41) is 1.87. The maximum Gasteiger partial charge on any atom is 0.275 e. The molecule has 0 bridgehead atoms. The first-order valence-corrected chi connectivity index (χ1v) is 7.32. The SMILES string of the molecule is CC1CC(OCc2ccsc2C(=O)NN)CC(C)O1. The average molecular weight is 284 g/mol. The van der Waals surface area contributed by atoms with Crippen LogP contribution in [0.3, 0.4) is 0 Å². The van der Waals surface area contributed by atoms with Crippen molar-refractivity contribution in [1.82, 2.24) is 5.43 Å². The number of rotatable bonds is 4. The van der Waals surface area contributed by atoms with Gasteiger partial charge in [-0.15, -0.1) is 11.3 Å². The van der Waals surface area contributed by atoms with Crippen molar-refractivity contribution in [2.45, 2.75) is 51.6 Å².